The second-order valence-corrected chi connectivity index (χ2v) is 8.15. The lowest BCUT2D eigenvalue weighted by molar-refractivity contribution is -0.145. The zero-order valence-corrected chi connectivity index (χ0v) is 16.9. The van der Waals surface area contributed by atoms with Crippen LogP contribution in [0.3, 0.4) is 0 Å². The zero-order valence-electron chi connectivity index (χ0n) is 16.9. The fourth-order valence-corrected chi connectivity index (χ4v) is 4.50. The van der Waals surface area contributed by atoms with Crippen molar-refractivity contribution >= 4 is 11.9 Å². The molecule has 4 rings (SSSR count). The normalized spacial score (nSPS) is 22.9. The number of piperidine rings is 1. The number of halogens is 2. The van der Waals surface area contributed by atoms with Crippen LogP contribution < -0.4 is 5.32 Å². The topological polar surface area (TPSA) is 109 Å². The molecule has 1 saturated carbocycles. The van der Waals surface area contributed by atoms with Crippen molar-refractivity contribution in [2.75, 3.05) is 13.1 Å². The molecule has 2 N–H and O–H groups in total. The molecule has 1 aliphatic heterocycles. The second kappa shape index (κ2) is 9.09. The molecule has 1 amide bonds. The Morgan fingerprint density at radius 3 is 2.65 bits per heavy atom. The van der Waals surface area contributed by atoms with Gasteiger partial charge in [-0.1, -0.05) is 24.4 Å². The van der Waals surface area contributed by atoms with Crippen molar-refractivity contribution in [3.05, 3.63) is 35.7 Å². The summed E-state index contributed by atoms with van der Waals surface area (Å²) in [6.07, 6.45) is 6.20. The Kier molecular flexibility index (Phi) is 6.26. The van der Waals surface area contributed by atoms with E-state index in [0.717, 1.165) is 37.8 Å². The lowest BCUT2D eigenvalue weighted by Crippen LogP contribution is -2.56. The quantitative estimate of drug-likeness (QED) is 0.745. The van der Waals surface area contributed by atoms with Crippen LogP contribution in [0.4, 0.5) is 8.78 Å². The summed E-state index contributed by atoms with van der Waals surface area (Å²) >= 11 is 0. The fraction of sp³-hybridized carbons (Fsp3) is 0.524. The van der Waals surface area contributed by atoms with Gasteiger partial charge in [-0.05, 0) is 31.4 Å². The van der Waals surface area contributed by atoms with Gasteiger partial charge in [0.15, 0.2) is 0 Å². The van der Waals surface area contributed by atoms with Gasteiger partial charge in [-0.3, -0.25) is 14.5 Å². The summed E-state index contributed by atoms with van der Waals surface area (Å²) in [7, 11) is 0. The Morgan fingerprint density at radius 2 is 1.94 bits per heavy atom. The van der Waals surface area contributed by atoms with Crippen molar-refractivity contribution in [1.82, 2.24) is 20.4 Å². The first-order chi connectivity index (χ1) is 14.9. The number of benzene rings is 1. The molecule has 1 aromatic heterocycles. The first kappa shape index (κ1) is 21.4. The number of rotatable bonds is 5. The van der Waals surface area contributed by atoms with E-state index in [0.29, 0.717) is 31.6 Å². The number of carboxylic acid groups (broad SMARTS) is 1. The molecule has 0 spiro atoms. The van der Waals surface area contributed by atoms with E-state index >= 15 is 0 Å². The highest BCUT2D eigenvalue weighted by atomic mass is 19.1. The summed E-state index contributed by atoms with van der Waals surface area (Å²) in [5, 5.41) is 16.0. The minimum atomic E-state index is -0.965. The standard InChI is InChI=1S/C21H24F2N4O4/c22-12-6-7-14(16(23)10-12)20-25-18(26-31-20)19(28)24-17-8-9-27(11-15(17)21(29)30)13-4-2-1-3-5-13/h6-7,10,13,15,17H,1-5,8-9,11H2,(H,24,28)(H,29,30). The maximum Gasteiger partial charge on any atom is 0.309 e. The van der Waals surface area contributed by atoms with E-state index in [2.05, 4.69) is 20.4 Å². The summed E-state index contributed by atoms with van der Waals surface area (Å²) in [5.41, 5.74) is -0.128. The Bertz CT molecular complexity index is 961. The molecule has 31 heavy (non-hydrogen) atoms. The summed E-state index contributed by atoms with van der Waals surface area (Å²) in [6.45, 7) is 1.08. The molecule has 0 radical (unpaired) electrons. The van der Waals surface area contributed by atoms with E-state index < -0.39 is 35.5 Å². The van der Waals surface area contributed by atoms with Gasteiger partial charge in [-0.25, -0.2) is 8.78 Å². The van der Waals surface area contributed by atoms with Crippen LogP contribution in [-0.4, -0.2) is 57.2 Å². The highest BCUT2D eigenvalue weighted by Crippen LogP contribution is 2.28. The number of carbonyl (C=O) groups is 2. The molecule has 1 aliphatic carbocycles. The zero-order chi connectivity index (χ0) is 22.0. The number of aliphatic carboxylic acids is 1. The number of amides is 1. The van der Waals surface area contributed by atoms with Crippen molar-refractivity contribution in [3.63, 3.8) is 0 Å². The number of hydrogen-bond acceptors (Lipinski definition) is 6. The average Bonchev–Trinajstić information content (AvgIpc) is 3.24. The minimum Gasteiger partial charge on any atom is -0.481 e. The molecular weight excluding hydrogens is 410 g/mol. The Balaban J connectivity index is 1.43. The van der Waals surface area contributed by atoms with Gasteiger partial charge in [0, 0.05) is 31.2 Å². The van der Waals surface area contributed by atoms with Gasteiger partial charge in [0.05, 0.1) is 11.5 Å². The van der Waals surface area contributed by atoms with Gasteiger partial charge in [-0.2, -0.15) is 4.98 Å². The summed E-state index contributed by atoms with van der Waals surface area (Å²) < 4.78 is 31.9. The first-order valence-corrected chi connectivity index (χ1v) is 10.5. The number of nitrogens with zero attached hydrogens (tertiary/aromatic N) is 3. The molecule has 1 saturated heterocycles. The van der Waals surface area contributed by atoms with Crippen molar-refractivity contribution < 1.29 is 28.0 Å². The third-order valence-electron chi connectivity index (χ3n) is 6.16. The van der Waals surface area contributed by atoms with Crippen molar-refractivity contribution in [3.8, 4) is 11.5 Å². The van der Waals surface area contributed by atoms with Crippen molar-refractivity contribution in [1.29, 1.82) is 0 Å². The average molecular weight is 434 g/mol. The summed E-state index contributed by atoms with van der Waals surface area (Å²) in [4.78, 5) is 30.6. The van der Waals surface area contributed by atoms with Crippen LogP contribution in [-0.2, 0) is 4.79 Å². The number of carboxylic acids is 1. The van der Waals surface area contributed by atoms with E-state index in [1.54, 1.807) is 0 Å². The number of carbonyl (C=O) groups excluding carboxylic acids is 1. The van der Waals surface area contributed by atoms with E-state index in [1.165, 1.54) is 6.42 Å². The molecule has 2 unspecified atom stereocenters. The minimum absolute atomic E-state index is 0.128. The Hall–Kier alpha value is -2.88. The van der Waals surface area contributed by atoms with Gasteiger partial charge in [0.2, 0.25) is 0 Å². The van der Waals surface area contributed by atoms with Gasteiger partial charge in [-0.15, -0.1) is 0 Å². The predicted molar refractivity (Wildman–Crippen MR) is 105 cm³/mol. The number of likely N-dealkylation sites (tertiary alicyclic amines) is 1. The summed E-state index contributed by atoms with van der Waals surface area (Å²) in [5.74, 6) is -4.65. The molecule has 2 fully saturated rings. The van der Waals surface area contributed by atoms with E-state index in [1.807, 2.05) is 0 Å². The van der Waals surface area contributed by atoms with E-state index in [-0.39, 0.29) is 17.3 Å². The molecule has 2 aliphatic rings. The number of hydrogen-bond donors (Lipinski definition) is 2. The molecular formula is C21H24F2N4O4. The van der Waals surface area contributed by atoms with Crippen LogP contribution >= 0.6 is 0 Å². The molecule has 10 heteroatoms. The lowest BCUT2D eigenvalue weighted by Gasteiger charge is -2.42. The molecule has 2 atom stereocenters. The third kappa shape index (κ3) is 4.73. The molecule has 166 valence electrons. The number of aromatic nitrogens is 2. The Morgan fingerprint density at radius 1 is 1.16 bits per heavy atom. The van der Waals surface area contributed by atoms with Crippen molar-refractivity contribution in [2.45, 2.75) is 50.6 Å². The number of nitrogens with one attached hydrogen (secondary N) is 1. The van der Waals surface area contributed by atoms with Crippen LogP contribution in [0, 0.1) is 17.6 Å². The molecule has 8 nitrogen and oxygen atoms in total. The Labute approximate surface area is 177 Å². The molecule has 2 heterocycles. The SMILES string of the molecule is O=C(NC1CCN(C2CCCCC2)CC1C(=O)O)c1noc(-c2ccc(F)cc2F)n1. The van der Waals surface area contributed by atoms with E-state index in [9.17, 15) is 23.5 Å². The van der Waals surface area contributed by atoms with Gasteiger partial charge >= 0.3 is 5.97 Å². The lowest BCUT2D eigenvalue weighted by atomic mass is 9.87. The second-order valence-electron chi connectivity index (χ2n) is 8.15. The fourth-order valence-electron chi connectivity index (χ4n) is 4.50. The van der Waals surface area contributed by atoms with Crippen LogP contribution in [0.25, 0.3) is 11.5 Å². The molecule has 0 bridgehead atoms. The first-order valence-electron chi connectivity index (χ1n) is 10.5. The largest absolute Gasteiger partial charge is 0.481 e. The predicted octanol–water partition coefficient (Wildman–Crippen LogP) is 2.85. The third-order valence-corrected chi connectivity index (χ3v) is 6.16. The highest BCUT2D eigenvalue weighted by molar-refractivity contribution is 5.91. The van der Waals surface area contributed by atoms with Crippen molar-refractivity contribution in [2.24, 2.45) is 5.92 Å². The highest BCUT2D eigenvalue weighted by Gasteiger charge is 2.38. The smallest absolute Gasteiger partial charge is 0.309 e. The van der Waals surface area contributed by atoms with Crippen LogP contribution in [0.2, 0.25) is 0 Å². The van der Waals surface area contributed by atoms with Gasteiger partial charge in [0.25, 0.3) is 17.6 Å². The maximum atomic E-state index is 13.9. The summed E-state index contributed by atoms with van der Waals surface area (Å²) in [6, 6.07) is 2.69. The monoisotopic (exact) mass is 434 g/mol. The van der Waals surface area contributed by atoms with Gasteiger partial charge in [0.1, 0.15) is 11.6 Å². The van der Waals surface area contributed by atoms with Crippen LogP contribution in [0.5, 0.6) is 0 Å². The maximum absolute atomic E-state index is 13.9. The van der Waals surface area contributed by atoms with E-state index in [4.69, 9.17) is 4.52 Å². The van der Waals surface area contributed by atoms with Crippen LogP contribution in [0.15, 0.2) is 22.7 Å². The molecule has 1 aromatic carbocycles. The van der Waals surface area contributed by atoms with Crippen LogP contribution in [0.1, 0.15) is 49.1 Å². The molecule has 2 aromatic rings. The van der Waals surface area contributed by atoms with Gasteiger partial charge < -0.3 is 14.9 Å².